The van der Waals surface area contributed by atoms with Crippen molar-refractivity contribution in [1.82, 2.24) is 14.9 Å². The molecule has 2 aliphatic heterocycles. The van der Waals surface area contributed by atoms with Crippen molar-refractivity contribution < 1.29 is 14.3 Å². The molecule has 0 aromatic carbocycles. The van der Waals surface area contributed by atoms with Gasteiger partial charge in [0.25, 0.3) is 5.91 Å². The zero-order valence-electron chi connectivity index (χ0n) is 14.0. The van der Waals surface area contributed by atoms with Gasteiger partial charge in [0, 0.05) is 43.9 Å². The van der Waals surface area contributed by atoms with Crippen molar-refractivity contribution in [2.24, 2.45) is 5.41 Å². The summed E-state index contributed by atoms with van der Waals surface area (Å²) < 4.78 is 11.9. The molecule has 2 aromatic heterocycles. The first kappa shape index (κ1) is 16.0. The molecule has 4 rings (SSSR count). The highest BCUT2D eigenvalue weighted by Gasteiger charge is 2.49. The van der Waals surface area contributed by atoms with E-state index in [1.165, 1.54) is 0 Å². The van der Waals surface area contributed by atoms with Crippen molar-refractivity contribution in [1.29, 1.82) is 0 Å². The van der Waals surface area contributed by atoms with E-state index in [1.54, 1.807) is 36.9 Å². The Bertz CT molecular complexity index is 725. The average molecular weight is 339 g/mol. The summed E-state index contributed by atoms with van der Waals surface area (Å²) in [7, 11) is 0. The van der Waals surface area contributed by atoms with E-state index in [0.29, 0.717) is 25.3 Å². The van der Waals surface area contributed by atoms with Crippen LogP contribution in [0.1, 0.15) is 23.2 Å². The molecular weight excluding hydrogens is 318 g/mol. The highest BCUT2D eigenvalue weighted by atomic mass is 16.5. The van der Waals surface area contributed by atoms with Crippen LogP contribution in [0.2, 0.25) is 0 Å². The van der Waals surface area contributed by atoms with E-state index < -0.39 is 0 Å². The van der Waals surface area contributed by atoms with E-state index >= 15 is 0 Å². The Morgan fingerprint density at radius 1 is 1.28 bits per heavy atom. The Kier molecular flexibility index (Phi) is 4.36. The lowest BCUT2D eigenvalue weighted by Crippen LogP contribution is -2.54. The molecule has 0 spiro atoms. The van der Waals surface area contributed by atoms with Crippen molar-refractivity contribution in [3.8, 4) is 5.75 Å². The van der Waals surface area contributed by atoms with Gasteiger partial charge in [-0.05, 0) is 37.1 Å². The normalized spacial score (nSPS) is 25.4. The van der Waals surface area contributed by atoms with Gasteiger partial charge in [-0.2, -0.15) is 0 Å². The van der Waals surface area contributed by atoms with Gasteiger partial charge in [0.2, 0.25) is 0 Å². The number of amides is 1. The van der Waals surface area contributed by atoms with Gasteiger partial charge in [0.1, 0.15) is 5.75 Å². The number of rotatable bonds is 4. The van der Waals surface area contributed by atoms with Crippen molar-refractivity contribution in [3.05, 3.63) is 54.6 Å². The molecule has 0 saturated carbocycles. The largest absolute Gasteiger partial charge is 0.491 e. The second-order valence-electron chi connectivity index (χ2n) is 6.70. The average Bonchev–Trinajstić information content (AvgIpc) is 3.11. The van der Waals surface area contributed by atoms with Crippen LogP contribution in [0.4, 0.5) is 0 Å². The molecule has 25 heavy (non-hydrogen) atoms. The molecule has 1 amide bonds. The number of aromatic nitrogens is 2. The predicted octanol–water partition coefficient (Wildman–Crippen LogP) is 2.18. The number of hydrogen-bond donors (Lipinski definition) is 0. The van der Waals surface area contributed by atoms with Crippen LogP contribution in [0.5, 0.6) is 5.75 Å². The molecule has 2 aromatic rings. The van der Waals surface area contributed by atoms with Crippen LogP contribution < -0.4 is 4.74 Å². The minimum atomic E-state index is -0.156. The Morgan fingerprint density at radius 2 is 2.16 bits per heavy atom. The van der Waals surface area contributed by atoms with Gasteiger partial charge in [-0.25, -0.2) is 0 Å². The molecule has 2 fully saturated rings. The summed E-state index contributed by atoms with van der Waals surface area (Å²) in [5.74, 6) is 0.800. The van der Waals surface area contributed by atoms with Gasteiger partial charge >= 0.3 is 0 Å². The molecule has 2 atom stereocenters. The summed E-state index contributed by atoms with van der Waals surface area (Å²) in [5.41, 5.74) is 0.521. The Hall–Kier alpha value is -2.47. The third-order valence-electron chi connectivity index (χ3n) is 5.14. The highest BCUT2D eigenvalue weighted by molar-refractivity contribution is 5.94. The summed E-state index contributed by atoms with van der Waals surface area (Å²) in [5, 5.41) is 0. The molecule has 2 saturated heterocycles. The third-order valence-corrected chi connectivity index (χ3v) is 5.14. The van der Waals surface area contributed by atoms with Gasteiger partial charge in [-0.1, -0.05) is 0 Å². The molecule has 0 aliphatic carbocycles. The fourth-order valence-corrected chi connectivity index (χ4v) is 3.77. The van der Waals surface area contributed by atoms with Crippen LogP contribution in [0, 0.1) is 5.41 Å². The van der Waals surface area contributed by atoms with Gasteiger partial charge < -0.3 is 14.4 Å². The van der Waals surface area contributed by atoms with Crippen LogP contribution in [0.15, 0.2) is 49.1 Å². The number of nitrogens with zero attached hydrogens (tertiary/aromatic N) is 3. The van der Waals surface area contributed by atoms with Crippen LogP contribution >= 0.6 is 0 Å². The van der Waals surface area contributed by atoms with Gasteiger partial charge in [0.05, 0.1) is 24.3 Å². The van der Waals surface area contributed by atoms with E-state index in [2.05, 4.69) is 9.97 Å². The van der Waals surface area contributed by atoms with Crippen LogP contribution in [-0.2, 0) is 4.74 Å². The zero-order valence-corrected chi connectivity index (χ0v) is 14.0. The lowest BCUT2D eigenvalue weighted by molar-refractivity contribution is -0.0326. The molecule has 0 N–H and O–H groups in total. The predicted molar refractivity (Wildman–Crippen MR) is 91.3 cm³/mol. The van der Waals surface area contributed by atoms with Crippen molar-refractivity contribution in [3.63, 3.8) is 0 Å². The second-order valence-corrected chi connectivity index (χ2v) is 6.70. The standard InChI is InChI=1S/C19H21N3O3/c23-18(15-3-8-20-9-4-15)22-10-5-17-19(13-22,6-11-24-17)14-25-16-2-1-7-21-12-16/h1-4,7-9,12,17H,5-6,10-11,13-14H2/t17-,19+/m0/s1. The molecule has 6 heteroatoms. The lowest BCUT2D eigenvalue weighted by atomic mass is 9.77. The first-order valence-corrected chi connectivity index (χ1v) is 8.61. The van der Waals surface area contributed by atoms with Crippen molar-refractivity contribution in [2.45, 2.75) is 18.9 Å². The van der Waals surface area contributed by atoms with Gasteiger partial charge in [0.15, 0.2) is 0 Å². The van der Waals surface area contributed by atoms with Gasteiger partial charge in [-0.3, -0.25) is 14.8 Å². The number of carbonyl (C=O) groups excluding carboxylic acids is 1. The summed E-state index contributed by atoms with van der Waals surface area (Å²) in [4.78, 5) is 22.8. The fraction of sp³-hybridized carbons (Fsp3) is 0.421. The summed E-state index contributed by atoms with van der Waals surface area (Å²) in [6.45, 7) is 2.61. The highest BCUT2D eigenvalue weighted by Crippen LogP contribution is 2.41. The first-order chi connectivity index (χ1) is 12.3. The fourth-order valence-electron chi connectivity index (χ4n) is 3.77. The van der Waals surface area contributed by atoms with Crippen molar-refractivity contribution >= 4 is 5.91 Å². The van der Waals surface area contributed by atoms with E-state index in [-0.39, 0.29) is 17.4 Å². The smallest absolute Gasteiger partial charge is 0.253 e. The number of piperidine rings is 1. The summed E-state index contributed by atoms with van der Waals surface area (Å²) >= 11 is 0. The minimum absolute atomic E-state index is 0.0495. The maximum Gasteiger partial charge on any atom is 0.253 e. The SMILES string of the molecule is O=C(c1ccncc1)N1CC[C@@H]2OCC[C@]2(COc2cccnc2)C1. The number of hydrogen-bond acceptors (Lipinski definition) is 5. The molecular formula is C19H21N3O3. The number of pyridine rings is 2. The molecule has 0 radical (unpaired) electrons. The monoisotopic (exact) mass is 339 g/mol. The van der Waals surface area contributed by atoms with Crippen LogP contribution in [-0.4, -0.2) is 53.2 Å². The quantitative estimate of drug-likeness (QED) is 0.854. The molecule has 0 bridgehead atoms. The maximum atomic E-state index is 12.8. The Morgan fingerprint density at radius 3 is 2.96 bits per heavy atom. The number of fused-ring (bicyclic) bond motifs is 1. The lowest BCUT2D eigenvalue weighted by Gasteiger charge is -2.43. The second kappa shape index (κ2) is 6.80. The maximum absolute atomic E-state index is 12.8. The molecule has 6 nitrogen and oxygen atoms in total. The molecule has 4 heterocycles. The Balaban J connectivity index is 1.50. The summed E-state index contributed by atoms with van der Waals surface area (Å²) in [6.07, 6.45) is 8.63. The molecule has 130 valence electrons. The Labute approximate surface area is 146 Å². The number of carbonyl (C=O) groups is 1. The first-order valence-electron chi connectivity index (χ1n) is 8.61. The van der Waals surface area contributed by atoms with E-state index in [4.69, 9.17) is 9.47 Å². The molecule has 2 aliphatic rings. The van der Waals surface area contributed by atoms with Gasteiger partial charge in [-0.15, -0.1) is 0 Å². The molecule has 0 unspecified atom stereocenters. The van der Waals surface area contributed by atoms with E-state index in [1.807, 2.05) is 17.0 Å². The van der Waals surface area contributed by atoms with Crippen molar-refractivity contribution in [2.75, 3.05) is 26.3 Å². The van der Waals surface area contributed by atoms with Crippen LogP contribution in [0.3, 0.4) is 0 Å². The number of ether oxygens (including phenoxy) is 2. The number of likely N-dealkylation sites (tertiary alicyclic amines) is 1. The van der Waals surface area contributed by atoms with E-state index in [0.717, 1.165) is 25.2 Å². The third kappa shape index (κ3) is 3.22. The topological polar surface area (TPSA) is 64.6 Å². The van der Waals surface area contributed by atoms with Crippen LogP contribution in [0.25, 0.3) is 0 Å². The zero-order chi connectivity index (χ0) is 17.1. The van der Waals surface area contributed by atoms with E-state index in [9.17, 15) is 4.79 Å². The minimum Gasteiger partial charge on any atom is -0.491 e. The summed E-state index contributed by atoms with van der Waals surface area (Å²) in [6, 6.07) is 7.28.